The van der Waals surface area contributed by atoms with Gasteiger partial charge >= 0.3 is 0 Å². The summed E-state index contributed by atoms with van der Waals surface area (Å²) < 4.78 is 58.6. The number of benzene rings is 1. The molecule has 0 saturated heterocycles. The number of carbonyl (C=O) groups excluding carboxylic acids is 1. The molecule has 0 radical (unpaired) electrons. The second kappa shape index (κ2) is 8.29. The van der Waals surface area contributed by atoms with E-state index in [0.717, 1.165) is 6.07 Å². The molecule has 0 fully saturated rings. The van der Waals surface area contributed by atoms with Crippen LogP contribution in [0.15, 0.2) is 39.8 Å². The fourth-order valence-electron chi connectivity index (χ4n) is 3.46. The van der Waals surface area contributed by atoms with Crippen LogP contribution in [0.25, 0.3) is 0 Å². The summed E-state index contributed by atoms with van der Waals surface area (Å²) in [7, 11) is -1.59. The zero-order valence-electron chi connectivity index (χ0n) is 17.2. The van der Waals surface area contributed by atoms with Crippen molar-refractivity contribution in [3.8, 4) is 0 Å². The number of nitrogens with one attached hydrogen (secondary N) is 1. The first-order chi connectivity index (χ1) is 14.5. The number of aliphatic imine (C=N–C) groups is 1. The van der Waals surface area contributed by atoms with E-state index >= 15 is 0 Å². The number of pyridine rings is 1. The van der Waals surface area contributed by atoms with Gasteiger partial charge < -0.3 is 11.1 Å². The first kappa shape index (κ1) is 22.7. The van der Waals surface area contributed by atoms with Crippen LogP contribution in [-0.4, -0.2) is 39.3 Å². The molecular weight excluding hydrogens is 431 g/mol. The van der Waals surface area contributed by atoms with Gasteiger partial charge in [-0.2, -0.15) is 0 Å². The van der Waals surface area contributed by atoms with Crippen LogP contribution in [0.3, 0.4) is 0 Å². The Kier molecular flexibility index (Phi) is 6.08. The predicted molar refractivity (Wildman–Crippen MR) is 113 cm³/mol. The first-order valence-electron chi connectivity index (χ1n) is 9.37. The molecule has 31 heavy (non-hydrogen) atoms. The number of nitrogens with two attached hydrogens (primary N) is 1. The highest BCUT2D eigenvalue weighted by Crippen LogP contribution is 2.42. The second-order valence-electron chi connectivity index (χ2n) is 7.49. The Hall–Kier alpha value is -2.95. The van der Waals surface area contributed by atoms with Crippen molar-refractivity contribution in [1.29, 1.82) is 0 Å². The van der Waals surface area contributed by atoms with Crippen molar-refractivity contribution >= 4 is 27.2 Å². The van der Waals surface area contributed by atoms with Gasteiger partial charge in [0.15, 0.2) is 11.5 Å². The summed E-state index contributed by atoms with van der Waals surface area (Å²) in [5.74, 6) is -3.48. The smallest absolute Gasteiger partial charge is 0.277 e. The molecule has 1 unspecified atom stereocenters. The number of amides is 1. The summed E-state index contributed by atoms with van der Waals surface area (Å²) in [6, 6.07) is 4.26. The Labute approximate surface area is 178 Å². The second-order valence-corrected chi connectivity index (χ2v) is 10.5. The lowest BCUT2D eigenvalue weighted by molar-refractivity contribution is 0.101. The Bertz CT molecular complexity index is 1190. The van der Waals surface area contributed by atoms with Crippen molar-refractivity contribution in [2.24, 2.45) is 15.1 Å². The molecule has 0 bridgehead atoms. The lowest BCUT2D eigenvalue weighted by Crippen LogP contribution is -2.46. The van der Waals surface area contributed by atoms with Crippen molar-refractivity contribution in [3.05, 3.63) is 59.2 Å². The van der Waals surface area contributed by atoms with Gasteiger partial charge in [0.2, 0.25) is 0 Å². The molecule has 3 rings (SSSR count). The van der Waals surface area contributed by atoms with Crippen molar-refractivity contribution in [2.75, 3.05) is 18.9 Å². The number of carbonyl (C=O) groups is 1. The van der Waals surface area contributed by atoms with Gasteiger partial charge in [0.1, 0.15) is 22.2 Å². The molecule has 2 aromatic rings. The largest absolute Gasteiger partial charge is 0.386 e. The van der Waals surface area contributed by atoms with E-state index in [0.29, 0.717) is 18.7 Å². The number of hydrogen-bond acceptors (Lipinski definition) is 5. The molecule has 1 aliphatic rings. The fraction of sp³-hybridized carbons (Fsp3) is 0.350. The SMILES string of the molecule is C/N=C(/N)C(C)(C)S1(=O)=NCC[C@H]1c1cc(NC(=O)c2ncc(F)cc2F)ccc1F. The van der Waals surface area contributed by atoms with E-state index in [4.69, 9.17) is 5.73 Å². The molecule has 0 aliphatic carbocycles. The molecular formula is C20H22F3N5O2S. The number of aromatic nitrogens is 1. The van der Waals surface area contributed by atoms with Crippen LogP contribution in [0.5, 0.6) is 0 Å². The van der Waals surface area contributed by atoms with Crippen molar-refractivity contribution in [1.82, 2.24) is 4.98 Å². The van der Waals surface area contributed by atoms with E-state index in [-0.39, 0.29) is 23.6 Å². The highest BCUT2D eigenvalue weighted by Gasteiger charge is 2.45. The van der Waals surface area contributed by atoms with E-state index in [1.54, 1.807) is 13.8 Å². The minimum Gasteiger partial charge on any atom is -0.386 e. The minimum atomic E-state index is -3.07. The zero-order valence-corrected chi connectivity index (χ0v) is 18.0. The maximum absolute atomic E-state index is 14.7. The molecule has 166 valence electrons. The summed E-state index contributed by atoms with van der Waals surface area (Å²) in [4.78, 5) is 19.7. The molecule has 2 heterocycles. The quantitative estimate of drug-likeness (QED) is 0.534. The van der Waals surface area contributed by atoms with E-state index < -0.39 is 48.8 Å². The van der Waals surface area contributed by atoms with Crippen molar-refractivity contribution < 1.29 is 22.2 Å². The van der Waals surface area contributed by atoms with Crippen LogP contribution in [0.2, 0.25) is 0 Å². The topological polar surface area (TPSA) is 110 Å². The van der Waals surface area contributed by atoms with Gasteiger partial charge in [0.05, 0.1) is 21.2 Å². The lowest BCUT2D eigenvalue weighted by atomic mass is 10.1. The number of halogens is 3. The highest BCUT2D eigenvalue weighted by molar-refractivity contribution is 7.96. The molecule has 11 heteroatoms. The molecule has 2 atom stereocenters. The predicted octanol–water partition coefficient (Wildman–Crippen LogP) is 3.43. The normalized spacial score (nSPS) is 21.6. The Balaban J connectivity index is 1.97. The minimum absolute atomic E-state index is 0.0913. The zero-order chi connectivity index (χ0) is 23.0. The van der Waals surface area contributed by atoms with Gasteiger partial charge in [-0.15, -0.1) is 0 Å². The number of nitrogens with zero attached hydrogens (tertiary/aromatic N) is 3. The lowest BCUT2D eigenvalue weighted by Gasteiger charge is -2.31. The maximum Gasteiger partial charge on any atom is 0.277 e. The highest BCUT2D eigenvalue weighted by atomic mass is 32.2. The molecule has 3 N–H and O–H groups in total. The number of rotatable bonds is 5. The maximum atomic E-state index is 14.7. The molecule has 0 saturated carbocycles. The molecule has 1 aliphatic heterocycles. The van der Waals surface area contributed by atoms with Crippen molar-refractivity contribution in [2.45, 2.75) is 30.3 Å². The van der Waals surface area contributed by atoms with Gasteiger partial charge in [-0.1, -0.05) is 0 Å². The standard InChI is InChI=1S/C20H22F3N5O2S/c1-20(2,19(24)25-3)31(30)16(6-7-27-31)13-9-12(4-5-14(13)22)28-18(29)17-15(23)8-11(21)10-26-17/h4-5,8-10,16H,6-7H2,1-3H3,(H2,24,25)(H,28,29)/t16-,31?/m0/s1. The molecule has 7 nitrogen and oxygen atoms in total. The molecule has 0 spiro atoms. The summed E-state index contributed by atoms with van der Waals surface area (Å²) in [6.07, 6.45) is 1.03. The van der Waals surface area contributed by atoms with Crippen LogP contribution in [0.1, 0.15) is 41.6 Å². The fourth-order valence-corrected chi connectivity index (χ4v) is 6.39. The van der Waals surface area contributed by atoms with Crippen LogP contribution in [0, 0.1) is 17.5 Å². The summed E-state index contributed by atoms with van der Waals surface area (Å²) in [6.45, 7) is 3.54. The number of amidine groups is 1. The monoisotopic (exact) mass is 453 g/mol. The van der Waals surface area contributed by atoms with Gasteiger partial charge in [0.25, 0.3) is 5.91 Å². The van der Waals surface area contributed by atoms with Gasteiger partial charge in [-0.3, -0.25) is 9.79 Å². The average Bonchev–Trinajstić information content (AvgIpc) is 3.11. The van der Waals surface area contributed by atoms with Crippen molar-refractivity contribution in [3.63, 3.8) is 0 Å². The molecule has 1 aromatic carbocycles. The van der Waals surface area contributed by atoms with Crippen LogP contribution in [0.4, 0.5) is 18.9 Å². The van der Waals surface area contributed by atoms with E-state index in [9.17, 15) is 22.2 Å². The van der Waals surface area contributed by atoms with E-state index in [1.165, 1.54) is 19.2 Å². The van der Waals surface area contributed by atoms with E-state index in [2.05, 4.69) is 19.7 Å². The first-order valence-corrected chi connectivity index (χ1v) is 10.9. The van der Waals surface area contributed by atoms with E-state index in [1.807, 2.05) is 0 Å². The Morgan fingerprint density at radius 1 is 1.26 bits per heavy atom. The third-order valence-electron chi connectivity index (χ3n) is 5.27. The summed E-state index contributed by atoms with van der Waals surface area (Å²) in [5, 5.41) is 1.62. The Morgan fingerprint density at radius 2 is 1.97 bits per heavy atom. The van der Waals surface area contributed by atoms with Crippen LogP contribution < -0.4 is 11.1 Å². The van der Waals surface area contributed by atoms with Gasteiger partial charge in [0, 0.05) is 30.9 Å². The van der Waals surface area contributed by atoms with Gasteiger partial charge in [-0.05, 0) is 38.5 Å². The Morgan fingerprint density at radius 3 is 2.61 bits per heavy atom. The number of anilines is 1. The molecule has 1 aromatic heterocycles. The third kappa shape index (κ3) is 4.01. The number of hydrogen-bond donors (Lipinski definition) is 2. The van der Waals surface area contributed by atoms with Gasteiger partial charge in [-0.25, -0.2) is 26.7 Å². The summed E-state index contributed by atoms with van der Waals surface area (Å²) >= 11 is 0. The summed E-state index contributed by atoms with van der Waals surface area (Å²) in [5.41, 5.74) is 5.58. The van der Waals surface area contributed by atoms with Crippen LogP contribution in [-0.2, 0) is 9.73 Å². The molecule has 1 amide bonds. The average molecular weight is 453 g/mol. The third-order valence-corrected chi connectivity index (χ3v) is 8.77. The van der Waals surface area contributed by atoms with Crippen LogP contribution >= 0.6 is 0 Å².